The fourth-order valence-electron chi connectivity index (χ4n) is 15.9. The average Bonchev–Trinajstić information content (AvgIpc) is 1.63. The Kier molecular flexibility index (Phi) is 29.1. The van der Waals surface area contributed by atoms with E-state index in [1.54, 1.807) is 14.7 Å². The zero-order valence-electron chi connectivity index (χ0n) is 58.9. The second-order valence-corrected chi connectivity index (χ2v) is 38.2. The van der Waals surface area contributed by atoms with Gasteiger partial charge in [0.1, 0.15) is 29.0 Å². The lowest BCUT2D eigenvalue weighted by Crippen LogP contribution is -2.50. The van der Waals surface area contributed by atoms with E-state index in [1.165, 1.54) is 9.80 Å². The largest absolute Gasteiger partial charge is 0.378 e. The molecule has 3 aromatic rings. The van der Waals surface area contributed by atoms with E-state index < -0.39 is 145 Å². The molecule has 0 spiro atoms. The highest BCUT2D eigenvalue weighted by molar-refractivity contribution is 7.92. The van der Waals surface area contributed by atoms with Crippen LogP contribution in [0.2, 0.25) is 0 Å². The van der Waals surface area contributed by atoms with Gasteiger partial charge in [-0.3, -0.25) is 24.0 Å². The number of halogens is 9. The van der Waals surface area contributed by atoms with Crippen LogP contribution in [0, 0.1) is 70.1 Å². The van der Waals surface area contributed by atoms with Crippen LogP contribution < -0.4 is 17.2 Å². The summed E-state index contributed by atoms with van der Waals surface area (Å²) in [6.07, 6.45) is 8.37. The molecule has 106 heavy (non-hydrogen) atoms. The number of hydrogen-bond acceptors (Lipinski definition) is 18. The Morgan fingerprint density at radius 3 is 1.15 bits per heavy atom. The second-order valence-electron chi connectivity index (χ2n) is 29.3. The standard InChI is InChI=1S/C24H32F3N3O6S2.C24H32F3N3O5S.C22H31F3N2O4S/c25-19-13-21(27)20(26)11-15(19)12-22(28)16-9-17-1-2-18(10-16)30(17)23(31)3-6-38(35,36)14-24(32)29-4-7-37(33,34)8-5-29;25-19-13-21(27)20(26)11-15(19)12-22(28)16-9-17-1-2-18(10-16)30(17)23(31)3-8-36(33,34)14-24(32)29-4-6-35-7-5-29;23-18-13-20(25)19(24)11-16(18)12-21(26)15-4-7-27(8-5-15)22(28)6-10-32(29,30)14-17-3-1-2-9-31-17/h11,13,16-18,22H,1-10,12,14,28H2;11,13,16-18,22H,1-10,12,14,28H2;11,13,15,17,21H,1-10,12,14,26H2/t2*16?,17-,18+,22-;17?,21-/m111/s1. The van der Waals surface area contributed by atoms with Crippen LogP contribution >= 0.6 is 0 Å². The van der Waals surface area contributed by atoms with E-state index in [0.29, 0.717) is 103 Å². The molecule has 0 aliphatic carbocycles. The van der Waals surface area contributed by atoms with Crippen LogP contribution in [-0.4, -0.2) is 241 Å². The maximum Gasteiger partial charge on any atom is 0.237 e. The number of sulfone groups is 4. The van der Waals surface area contributed by atoms with Crippen LogP contribution in [0.4, 0.5) is 39.5 Å². The van der Waals surface area contributed by atoms with Crippen LogP contribution in [0.1, 0.15) is 119 Å². The van der Waals surface area contributed by atoms with Gasteiger partial charge in [-0.15, -0.1) is 0 Å². The summed E-state index contributed by atoms with van der Waals surface area (Å²) in [6, 6.07) is 2.07. The Morgan fingerprint density at radius 1 is 0.415 bits per heavy atom. The second kappa shape index (κ2) is 36.7. The molecule has 10 atom stereocenters. The molecule has 0 saturated carbocycles. The fraction of sp³-hybridized carbons (Fsp3) is 0.671. The number of rotatable bonds is 24. The van der Waals surface area contributed by atoms with Crippen LogP contribution in [0.25, 0.3) is 0 Å². The topological polar surface area (TPSA) is 335 Å². The number of carbonyl (C=O) groups is 5. The lowest BCUT2D eigenvalue weighted by atomic mass is 9.82. The molecule has 8 saturated heterocycles. The molecule has 23 nitrogen and oxygen atoms in total. The summed E-state index contributed by atoms with van der Waals surface area (Å²) >= 11 is 0. The van der Waals surface area contributed by atoms with E-state index in [0.717, 1.165) is 63.1 Å². The highest BCUT2D eigenvalue weighted by Crippen LogP contribution is 2.42. The zero-order chi connectivity index (χ0) is 77.2. The number of fused-ring (bicyclic) bond motifs is 4. The van der Waals surface area contributed by atoms with Gasteiger partial charge in [-0.1, -0.05) is 0 Å². The van der Waals surface area contributed by atoms with E-state index in [1.807, 2.05) is 0 Å². The SMILES string of the molecule is N[C@H](Cc1cc(F)c(F)cc1F)C1CCN(C(=O)CCS(=O)(=O)CC2CCCCO2)CC1.N[C@H](Cc1cc(F)c(F)cc1F)C1C[C@H]2CC[C@@H](C1)N2C(=O)CCS(=O)(=O)CC(=O)N1CCOCC1.N[C@H](Cc1cc(F)c(F)cc1F)C1C[C@H]2CC[C@@H](C1)N2C(=O)CCS(=O)(=O)CC(=O)N1CCS(=O)(=O)CC1. The summed E-state index contributed by atoms with van der Waals surface area (Å²) < 4.78 is 230. The minimum Gasteiger partial charge on any atom is -0.378 e. The number of piperidine rings is 3. The normalized spacial score (nSPS) is 24.3. The summed E-state index contributed by atoms with van der Waals surface area (Å²) in [5.74, 6) is -14.6. The van der Waals surface area contributed by atoms with Crippen LogP contribution in [0.5, 0.6) is 0 Å². The first-order valence-corrected chi connectivity index (χ1v) is 43.3. The maximum atomic E-state index is 14.1. The predicted octanol–water partition coefficient (Wildman–Crippen LogP) is 4.80. The molecule has 8 aliphatic heterocycles. The van der Waals surface area contributed by atoms with Gasteiger partial charge in [-0.05, 0) is 155 Å². The molecule has 8 heterocycles. The third kappa shape index (κ3) is 23.3. The van der Waals surface area contributed by atoms with E-state index in [9.17, 15) is 97.2 Å². The van der Waals surface area contributed by atoms with Crippen molar-refractivity contribution in [2.24, 2.45) is 35.0 Å². The number of hydrogen-bond donors (Lipinski definition) is 3. The molecular weight excluding hydrogens is 1490 g/mol. The average molecular weight is 1590 g/mol. The number of morpholine rings is 1. The summed E-state index contributed by atoms with van der Waals surface area (Å²) in [5, 5.41) is 0. The number of likely N-dealkylation sites (tertiary alicyclic amines) is 1. The van der Waals surface area contributed by atoms with E-state index in [-0.39, 0.29) is 157 Å². The van der Waals surface area contributed by atoms with Crippen molar-refractivity contribution in [3.8, 4) is 0 Å². The Labute approximate surface area is 612 Å². The van der Waals surface area contributed by atoms with Crippen molar-refractivity contribution in [1.82, 2.24) is 24.5 Å². The maximum absolute atomic E-state index is 14.1. The van der Waals surface area contributed by atoms with Crippen molar-refractivity contribution >= 4 is 68.9 Å². The summed E-state index contributed by atoms with van der Waals surface area (Å²) in [7, 11) is -14.2. The quantitative estimate of drug-likeness (QED) is 0.0801. The minimum absolute atomic E-state index is 0.00116. The Balaban J connectivity index is 0.000000185. The number of ether oxygens (including phenoxy) is 2. The molecule has 0 radical (unpaired) electrons. The van der Waals surface area contributed by atoms with Crippen molar-refractivity contribution in [2.75, 3.05) is 105 Å². The molecule has 3 unspecified atom stereocenters. The van der Waals surface area contributed by atoms with Crippen molar-refractivity contribution in [3.05, 3.63) is 105 Å². The van der Waals surface area contributed by atoms with E-state index >= 15 is 0 Å². The summed E-state index contributed by atoms with van der Waals surface area (Å²) in [5.41, 5.74) is 18.9. The first-order valence-electron chi connectivity index (χ1n) is 36.1. The number of amides is 5. The third-order valence-electron chi connectivity index (χ3n) is 21.8. The lowest BCUT2D eigenvalue weighted by molar-refractivity contribution is -0.137. The molecule has 3 aromatic carbocycles. The van der Waals surface area contributed by atoms with Gasteiger partial charge in [-0.2, -0.15) is 0 Å². The predicted molar refractivity (Wildman–Crippen MR) is 372 cm³/mol. The molecule has 8 fully saturated rings. The van der Waals surface area contributed by atoms with Gasteiger partial charge in [0.15, 0.2) is 74.3 Å². The molecule has 6 N–H and O–H groups in total. The molecule has 0 aromatic heterocycles. The van der Waals surface area contributed by atoms with Gasteiger partial charge in [-0.25, -0.2) is 73.2 Å². The molecule has 36 heteroatoms. The summed E-state index contributed by atoms with van der Waals surface area (Å²) in [6.45, 7) is 2.83. The smallest absolute Gasteiger partial charge is 0.237 e. The number of benzene rings is 3. The highest BCUT2D eigenvalue weighted by Gasteiger charge is 2.47. The molecule has 5 amide bonds. The molecule has 8 aliphatic rings. The van der Waals surface area contributed by atoms with Crippen molar-refractivity contribution in [1.29, 1.82) is 0 Å². The number of nitrogens with two attached hydrogens (primary N) is 3. The van der Waals surface area contributed by atoms with Gasteiger partial charge in [0.25, 0.3) is 0 Å². The monoisotopic (exact) mass is 1590 g/mol. The van der Waals surface area contributed by atoms with Crippen LogP contribution in [0.3, 0.4) is 0 Å². The lowest BCUT2D eigenvalue weighted by Gasteiger charge is -2.41. The van der Waals surface area contributed by atoms with Crippen LogP contribution in [0.15, 0.2) is 36.4 Å². The van der Waals surface area contributed by atoms with Gasteiger partial charge < -0.3 is 51.2 Å². The Hall–Kier alpha value is -6.02. The number of carbonyl (C=O) groups excluding carboxylic acids is 5. The van der Waals surface area contributed by atoms with Crippen molar-refractivity contribution in [2.45, 2.75) is 170 Å². The number of nitrogens with zero attached hydrogens (tertiary/aromatic N) is 5. The van der Waals surface area contributed by atoms with Gasteiger partial charge in [0.05, 0.1) is 53.8 Å². The van der Waals surface area contributed by atoms with Crippen molar-refractivity contribution < 1.29 is 107 Å². The molecule has 4 bridgehead atoms. The Bertz CT molecular complexity index is 4080. The molecule has 592 valence electrons. The first-order chi connectivity index (χ1) is 49.9. The highest BCUT2D eigenvalue weighted by atomic mass is 32.2. The molecule has 11 rings (SSSR count). The third-order valence-corrected chi connectivity index (χ3v) is 28.1. The van der Waals surface area contributed by atoms with Gasteiger partial charge in [0, 0.05) is 126 Å². The molecular formula is C70H95F9N8O15S4. The first kappa shape index (κ1) is 84.0. The van der Waals surface area contributed by atoms with Crippen molar-refractivity contribution in [3.63, 3.8) is 0 Å². The van der Waals surface area contributed by atoms with Gasteiger partial charge in [0.2, 0.25) is 29.5 Å². The minimum atomic E-state index is -3.88. The summed E-state index contributed by atoms with van der Waals surface area (Å²) in [4.78, 5) is 70.9. The Morgan fingerprint density at radius 2 is 0.764 bits per heavy atom. The van der Waals surface area contributed by atoms with E-state index in [4.69, 9.17) is 26.7 Å². The van der Waals surface area contributed by atoms with Gasteiger partial charge >= 0.3 is 0 Å². The van der Waals surface area contributed by atoms with E-state index in [2.05, 4.69) is 0 Å². The zero-order valence-corrected chi connectivity index (χ0v) is 62.2. The van der Waals surface area contributed by atoms with Crippen LogP contribution in [-0.2, 0) is 92.1 Å². The fourth-order valence-corrected chi connectivity index (χ4v) is 20.9.